The number of carboxylic acids is 1. The predicted molar refractivity (Wildman–Crippen MR) is 185 cm³/mol. The van der Waals surface area contributed by atoms with Crippen LogP contribution in [-0.4, -0.2) is 96.2 Å². The first-order valence-corrected chi connectivity index (χ1v) is 17.1. The van der Waals surface area contributed by atoms with Crippen LogP contribution in [-0.2, 0) is 24.8 Å². The normalized spacial score (nSPS) is 17.5. The number of carbonyl (C=O) groups excluding carboxylic acids is 4. The largest absolute Gasteiger partial charge is 0.480 e. The van der Waals surface area contributed by atoms with Crippen LogP contribution in [0.5, 0.6) is 0 Å². The number of aliphatic carboxylic acids is 1. The van der Waals surface area contributed by atoms with E-state index in [0.717, 1.165) is 30.5 Å². The monoisotopic (exact) mass is 701 g/mol. The van der Waals surface area contributed by atoms with E-state index in [4.69, 9.17) is 10.8 Å². The van der Waals surface area contributed by atoms with Gasteiger partial charge in [-0.3, -0.25) is 14.4 Å². The predicted octanol–water partition coefficient (Wildman–Crippen LogP) is 4.19. The number of nitrogens with one attached hydrogen (secondary N) is 2. The Morgan fingerprint density at radius 2 is 1.87 bits per heavy atom. The standard InChI is InChI=1S/C23H32F2N3O2PS.C6H10N2O4.C3H8/c1-4-28(10-9-19-7-5-15(2)27(19)3)13-18(14-29)26-22(30)21-12-16-11-17(23(24,25)31)6-8-20(16)32-21;7-5(10)2-1-4(6(11)12)8-3-9;1-3-2/h6,8,11-12,14-15,18-19H,4-5,7,9-10,13,31H2,1-3H3,(H,26,30);3-4H,1-2H2,(H2,7,10)(H,8,9)(H,11,12);3H2,1-2H3. The van der Waals surface area contributed by atoms with Gasteiger partial charge in [0.25, 0.3) is 11.6 Å². The molecular formula is C32H50F2N5O6PS. The summed E-state index contributed by atoms with van der Waals surface area (Å²) >= 11 is 1.23. The molecule has 47 heavy (non-hydrogen) atoms. The topological polar surface area (TPSA) is 162 Å². The molecule has 1 aliphatic heterocycles. The first-order chi connectivity index (χ1) is 22.1. The number of thiophene rings is 1. The first kappa shape index (κ1) is 42.0. The Labute approximate surface area is 282 Å². The van der Waals surface area contributed by atoms with Gasteiger partial charge in [-0.1, -0.05) is 42.5 Å². The number of halogens is 2. The lowest BCUT2D eigenvalue weighted by atomic mass is 10.1. The van der Waals surface area contributed by atoms with Gasteiger partial charge < -0.3 is 36.1 Å². The quantitative estimate of drug-likeness (QED) is 0.150. The van der Waals surface area contributed by atoms with Crippen molar-refractivity contribution < 1.29 is 37.9 Å². The molecule has 5 N–H and O–H groups in total. The lowest BCUT2D eigenvalue weighted by Gasteiger charge is -2.28. The molecule has 0 bridgehead atoms. The van der Waals surface area contributed by atoms with Crippen molar-refractivity contribution in [2.75, 3.05) is 26.7 Å². The molecule has 264 valence electrons. The SMILES string of the molecule is CCC.CCN(CCC1CCC(C)N1C)CC(C=O)NC(=O)c1cc2cc(C(F)(F)P)ccc2s1.NC(=O)CCC(NC=O)C(=O)O. The Bertz CT molecular complexity index is 1310. The molecule has 2 heterocycles. The maximum absolute atomic E-state index is 13.6. The summed E-state index contributed by atoms with van der Waals surface area (Å²) in [4.78, 5) is 59.9. The molecule has 0 radical (unpaired) electrons. The number of rotatable bonds is 16. The lowest BCUT2D eigenvalue weighted by Crippen LogP contribution is -2.45. The number of likely N-dealkylation sites (N-methyl/N-ethyl adjacent to an activating group) is 1. The number of benzene rings is 1. The summed E-state index contributed by atoms with van der Waals surface area (Å²) in [6.07, 6.45) is 5.70. The highest BCUT2D eigenvalue weighted by atomic mass is 32.1. The third-order valence-electron chi connectivity index (χ3n) is 7.72. The van der Waals surface area contributed by atoms with Crippen molar-refractivity contribution in [3.63, 3.8) is 0 Å². The van der Waals surface area contributed by atoms with Crippen LogP contribution in [0, 0.1) is 0 Å². The summed E-state index contributed by atoms with van der Waals surface area (Å²) in [7, 11) is 3.69. The summed E-state index contributed by atoms with van der Waals surface area (Å²) in [5.74, 6) is -2.12. The summed E-state index contributed by atoms with van der Waals surface area (Å²) in [6, 6.07) is 5.47. The molecule has 1 aromatic carbocycles. The van der Waals surface area contributed by atoms with Gasteiger partial charge in [0.05, 0.1) is 10.9 Å². The van der Waals surface area contributed by atoms with E-state index >= 15 is 0 Å². The third kappa shape index (κ3) is 14.7. The second-order valence-electron chi connectivity index (χ2n) is 11.5. The van der Waals surface area contributed by atoms with E-state index in [0.29, 0.717) is 28.9 Å². The number of hydrogen-bond acceptors (Lipinski definition) is 8. The van der Waals surface area contributed by atoms with Crippen molar-refractivity contribution in [3.05, 3.63) is 34.7 Å². The number of alkyl halides is 2. The Morgan fingerprint density at radius 1 is 1.21 bits per heavy atom. The zero-order chi connectivity index (χ0) is 35.7. The fourth-order valence-electron chi connectivity index (χ4n) is 4.91. The lowest BCUT2D eigenvalue weighted by molar-refractivity contribution is -0.140. The van der Waals surface area contributed by atoms with Gasteiger partial charge in [0.1, 0.15) is 12.3 Å². The molecule has 1 aromatic heterocycles. The number of amides is 3. The van der Waals surface area contributed by atoms with Crippen LogP contribution in [0.3, 0.4) is 0 Å². The molecule has 15 heteroatoms. The molecule has 0 saturated carbocycles. The van der Waals surface area contributed by atoms with Gasteiger partial charge in [-0.05, 0) is 76.3 Å². The number of nitrogens with zero attached hydrogens (tertiary/aromatic N) is 2. The highest BCUT2D eigenvalue weighted by Crippen LogP contribution is 2.37. The summed E-state index contributed by atoms with van der Waals surface area (Å²) in [6.45, 7) is 10.7. The zero-order valence-electron chi connectivity index (χ0n) is 27.8. The third-order valence-corrected chi connectivity index (χ3v) is 9.17. The summed E-state index contributed by atoms with van der Waals surface area (Å²) in [5.41, 5.74) is 1.65. The minimum Gasteiger partial charge on any atom is -0.480 e. The minimum absolute atomic E-state index is 0.0173. The van der Waals surface area contributed by atoms with Crippen LogP contribution < -0.4 is 16.4 Å². The van der Waals surface area contributed by atoms with Crippen LogP contribution in [0.4, 0.5) is 8.78 Å². The van der Waals surface area contributed by atoms with Gasteiger partial charge in [0.2, 0.25) is 12.3 Å². The van der Waals surface area contributed by atoms with Crippen molar-refractivity contribution in [1.82, 2.24) is 20.4 Å². The molecule has 3 amide bonds. The minimum atomic E-state index is -3.02. The van der Waals surface area contributed by atoms with Crippen LogP contribution in [0.25, 0.3) is 10.1 Å². The van der Waals surface area contributed by atoms with Gasteiger partial charge in [0, 0.05) is 35.3 Å². The molecule has 5 unspecified atom stereocenters. The average molecular weight is 702 g/mol. The van der Waals surface area contributed by atoms with Crippen LogP contribution in [0.1, 0.15) is 81.5 Å². The molecule has 0 aliphatic carbocycles. The Kier molecular flexibility index (Phi) is 18.8. The molecule has 1 saturated heterocycles. The number of aldehydes is 1. The van der Waals surface area contributed by atoms with Gasteiger partial charge in [-0.2, -0.15) is 8.78 Å². The second kappa shape index (κ2) is 21.0. The smallest absolute Gasteiger partial charge is 0.326 e. The molecule has 5 atom stereocenters. The van der Waals surface area contributed by atoms with Crippen LogP contribution in [0.15, 0.2) is 24.3 Å². The van der Waals surface area contributed by atoms with Crippen LogP contribution in [0.2, 0.25) is 0 Å². The van der Waals surface area contributed by atoms with Gasteiger partial charge in [-0.25, -0.2) is 4.79 Å². The molecule has 1 fully saturated rings. The van der Waals surface area contributed by atoms with E-state index < -0.39 is 29.6 Å². The summed E-state index contributed by atoms with van der Waals surface area (Å²) < 4.78 is 27.9. The van der Waals surface area contributed by atoms with E-state index in [9.17, 15) is 32.8 Å². The van der Waals surface area contributed by atoms with E-state index in [1.807, 2.05) is 5.32 Å². The maximum Gasteiger partial charge on any atom is 0.326 e. The number of carbonyl (C=O) groups is 5. The van der Waals surface area contributed by atoms with Crippen molar-refractivity contribution in [3.8, 4) is 0 Å². The Morgan fingerprint density at radius 3 is 2.36 bits per heavy atom. The van der Waals surface area contributed by atoms with E-state index in [-0.39, 0.29) is 30.7 Å². The molecule has 2 aromatic rings. The Hall–Kier alpha value is -3.06. The van der Waals surface area contributed by atoms with Crippen molar-refractivity contribution >= 4 is 61.1 Å². The summed E-state index contributed by atoms with van der Waals surface area (Å²) in [5, 5.41) is 13.9. The molecule has 1 aliphatic rings. The van der Waals surface area contributed by atoms with E-state index in [1.165, 1.54) is 52.0 Å². The number of hydrogen-bond donors (Lipinski definition) is 4. The van der Waals surface area contributed by atoms with Crippen LogP contribution >= 0.6 is 20.6 Å². The first-order valence-electron chi connectivity index (χ1n) is 15.7. The average Bonchev–Trinajstić information content (AvgIpc) is 3.59. The number of nitrogens with two attached hydrogens (primary N) is 1. The molecular weight excluding hydrogens is 651 g/mol. The number of likely N-dealkylation sites (tertiary alicyclic amines) is 1. The van der Waals surface area contributed by atoms with E-state index in [1.54, 1.807) is 12.1 Å². The fourth-order valence-corrected chi connectivity index (χ4v) is 6.03. The fraction of sp³-hybridized carbons (Fsp3) is 0.594. The van der Waals surface area contributed by atoms with Crippen molar-refractivity contribution in [2.24, 2.45) is 5.73 Å². The maximum atomic E-state index is 13.6. The second-order valence-corrected chi connectivity index (χ2v) is 13.3. The molecule has 3 rings (SSSR count). The van der Waals surface area contributed by atoms with E-state index in [2.05, 4.69) is 49.9 Å². The number of carboxylic acid groups (broad SMARTS) is 1. The molecule has 0 spiro atoms. The van der Waals surface area contributed by atoms with Crippen molar-refractivity contribution in [1.29, 1.82) is 0 Å². The highest BCUT2D eigenvalue weighted by Gasteiger charge is 2.28. The van der Waals surface area contributed by atoms with Gasteiger partial charge >= 0.3 is 5.97 Å². The van der Waals surface area contributed by atoms with Gasteiger partial charge in [-0.15, -0.1) is 11.3 Å². The highest BCUT2D eigenvalue weighted by molar-refractivity contribution is 7.20. The number of primary amides is 1. The molecule has 11 nitrogen and oxygen atoms in total. The van der Waals surface area contributed by atoms with Gasteiger partial charge in [0.15, 0.2) is 0 Å². The zero-order valence-corrected chi connectivity index (χ0v) is 29.8. The van der Waals surface area contributed by atoms with Crippen molar-refractivity contribution in [2.45, 2.75) is 96.1 Å². The number of fused-ring (bicyclic) bond motifs is 1. The Balaban J connectivity index is 0.000000617.